The number of aliphatic hydroxyl groups is 1. The van der Waals surface area contributed by atoms with E-state index in [1.807, 2.05) is 0 Å². The molecular weight excluding hydrogens is 208 g/mol. The molecule has 0 aromatic rings. The Balaban J connectivity index is 2.21. The van der Waals surface area contributed by atoms with Gasteiger partial charge in [-0.2, -0.15) is 0 Å². The lowest BCUT2D eigenvalue weighted by Gasteiger charge is -2.27. The third-order valence-corrected chi connectivity index (χ3v) is 3.97. The molecule has 0 aliphatic heterocycles. The van der Waals surface area contributed by atoms with Crippen LogP contribution in [0.1, 0.15) is 79.1 Å². The maximum absolute atomic E-state index is 10.2. The summed E-state index contributed by atoms with van der Waals surface area (Å²) in [5.41, 5.74) is 0.393. The minimum atomic E-state index is -0.0598. The molecule has 1 rings (SSSR count). The van der Waals surface area contributed by atoms with E-state index in [-0.39, 0.29) is 6.10 Å². The van der Waals surface area contributed by atoms with E-state index in [2.05, 4.69) is 27.7 Å². The Bertz CT molecular complexity index is 198. The lowest BCUT2D eigenvalue weighted by atomic mass is 9.80. The molecule has 102 valence electrons. The van der Waals surface area contributed by atoms with Gasteiger partial charge in [-0.3, -0.25) is 0 Å². The van der Waals surface area contributed by atoms with Gasteiger partial charge in [0.2, 0.25) is 0 Å². The summed E-state index contributed by atoms with van der Waals surface area (Å²) < 4.78 is 0. The van der Waals surface area contributed by atoms with Gasteiger partial charge >= 0.3 is 0 Å². The van der Waals surface area contributed by atoms with Crippen molar-refractivity contribution in [3.8, 4) is 0 Å². The van der Waals surface area contributed by atoms with Gasteiger partial charge in [0.1, 0.15) is 0 Å². The van der Waals surface area contributed by atoms with Gasteiger partial charge < -0.3 is 5.11 Å². The molecule has 1 aliphatic carbocycles. The van der Waals surface area contributed by atoms with Crippen molar-refractivity contribution < 1.29 is 5.11 Å². The van der Waals surface area contributed by atoms with Gasteiger partial charge in [-0.05, 0) is 36.5 Å². The molecule has 2 atom stereocenters. The number of hydrogen-bond donors (Lipinski definition) is 1. The zero-order valence-electron chi connectivity index (χ0n) is 12.3. The van der Waals surface area contributed by atoms with E-state index < -0.39 is 0 Å². The van der Waals surface area contributed by atoms with Crippen LogP contribution in [0.2, 0.25) is 0 Å². The Morgan fingerprint density at radius 3 is 2.24 bits per heavy atom. The van der Waals surface area contributed by atoms with Gasteiger partial charge in [0.25, 0.3) is 0 Å². The highest BCUT2D eigenvalue weighted by Crippen LogP contribution is 2.31. The summed E-state index contributed by atoms with van der Waals surface area (Å²) in [7, 11) is 0. The highest BCUT2D eigenvalue weighted by molar-refractivity contribution is 4.73. The van der Waals surface area contributed by atoms with Crippen molar-refractivity contribution in [1.82, 2.24) is 0 Å². The lowest BCUT2D eigenvalue weighted by molar-refractivity contribution is 0.0985. The molecule has 2 unspecified atom stereocenters. The fourth-order valence-electron chi connectivity index (χ4n) is 3.50. The maximum Gasteiger partial charge on any atom is 0.0545 e. The molecule has 0 spiro atoms. The SMILES string of the molecule is CC(CC(O)CC1CCCCC1)CC(C)(C)C. The van der Waals surface area contributed by atoms with Crippen LogP contribution >= 0.6 is 0 Å². The quantitative estimate of drug-likeness (QED) is 0.733. The molecule has 1 nitrogen and oxygen atoms in total. The van der Waals surface area contributed by atoms with Gasteiger partial charge in [-0.25, -0.2) is 0 Å². The van der Waals surface area contributed by atoms with E-state index >= 15 is 0 Å². The molecule has 1 saturated carbocycles. The molecule has 0 aromatic carbocycles. The maximum atomic E-state index is 10.2. The topological polar surface area (TPSA) is 20.2 Å². The van der Waals surface area contributed by atoms with Crippen LogP contribution in [0.5, 0.6) is 0 Å². The smallest absolute Gasteiger partial charge is 0.0545 e. The summed E-state index contributed by atoms with van der Waals surface area (Å²) >= 11 is 0. The van der Waals surface area contributed by atoms with Crippen LogP contribution in [-0.4, -0.2) is 11.2 Å². The molecule has 1 heteroatoms. The molecule has 0 aromatic heterocycles. The first kappa shape index (κ1) is 15.0. The first-order valence-electron chi connectivity index (χ1n) is 7.55. The Morgan fingerprint density at radius 2 is 1.71 bits per heavy atom. The van der Waals surface area contributed by atoms with Crippen LogP contribution in [-0.2, 0) is 0 Å². The fraction of sp³-hybridized carbons (Fsp3) is 1.00. The molecule has 1 aliphatic rings. The molecular formula is C16H32O. The zero-order chi connectivity index (χ0) is 12.9. The van der Waals surface area contributed by atoms with Gasteiger partial charge in [-0.1, -0.05) is 59.8 Å². The van der Waals surface area contributed by atoms with Crippen LogP contribution < -0.4 is 0 Å². The largest absolute Gasteiger partial charge is 0.393 e. The molecule has 0 saturated heterocycles. The van der Waals surface area contributed by atoms with Crippen LogP contribution in [0.3, 0.4) is 0 Å². The van der Waals surface area contributed by atoms with Crippen LogP contribution in [0.4, 0.5) is 0 Å². The van der Waals surface area contributed by atoms with Gasteiger partial charge in [0.15, 0.2) is 0 Å². The predicted octanol–water partition coefficient (Wildman–Crippen LogP) is 4.78. The van der Waals surface area contributed by atoms with E-state index in [4.69, 9.17) is 0 Å². The first-order chi connectivity index (χ1) is 7.87. The van der Waals surface area contributed by atoms with Crippen molar-refractivity contribution in [2.45, 2.75) is 85.2 Å². The molecule has 17 heavy (non-hydrogen) atoms. The average molecular weight is 240 g/mol. The molecule has 0 radical (unpaired) electrons. The lowest BCUT2D eigenvalue weighted by Crippen LogP contribution is -2.20. The predicted molar refractivity (Wildman–Crippen MR) is 75.1 cm³/mol. The monoisotopic (exact) mass is 240 g/mol. The van der Waals surface area contributed by atoms with Crippen molar-refractivity contribution >= 4 is 0 Å². The second-order valence-corrected chi connectivity index (χ2v) is 7.50. The minimum absolute atomic E-state index is 0.0598. The minimum Gasteiger partial charge on any atom is -0.393 e. The number of hydrogen-bond acceptors (Lipinski definition) is 1. The Labute approximate surface area is 108 Å². The van der Waals surface area contributed by atoms with Crippen molar-refractivity contribution in [2.75, 3.05) is 0 Å². The molecule has 1 fully saturated rings. The highest BCUT2D eigenvalue weighted by Gasteiger charge is 2.21. The van der Waals surface area contributed by atoms with Crippen molar-refractivity contribution in [1.29, 1.82) is 0 Å². The Kier molecular flexibility index (Phi) is 5.99. The normalized spacial score (nSPS) is 22.4. The fourth-order valence-corrected chi connectivity index (χ4v) is 3.50. The van der Waals surface area contributed by atoms with Crippen LogP contribution in [0, 0.1) is 17.3 Å². The summed E-state index contributed by atoms with van der Waals surface area (Å²) in [6.07, 6.45) is 10.1. The standard InChI is InChI=1S/C16H32O/c1-13(12-16(2,3)4)10-15(17)11-14-8-6-5-7-9-14/h13-15,17H,5-12H2,1-4H3. The second kappa shape index (κ2) is 6.78. The van der Waals surface area contributed by atoms with E-state index in [0.29, 0.717) is 11.3 Å². The van der Waals surface area contributed by atoms with Crippen molar-refractivity contribution in [2.24, 2.45) is 17.3 Å². The van der Waals surface area contributed by atoms with Gasteiger partial charge in [0, 0.05) is 0 Å². The van der Waals surface area contributed by atoms with Gasteiger partial charge in [0.05, 0.1) is 6.10 Å². The number of rotatable bonds is 5. The van der Waals surface area contributed by atoms with E-state index in [1.54, 1.807) is 0 Å². The molecule has 0 bridgehead atoms. The van der Waals surface area contributed by atoms with E-state index in [1.165, 1.54) is 38.5 Å². The highest BCUT2D eigenvalue weighted by atomic mass is 16.3. The third-order valence-electron chi connectivity index (χ3n) is 3.97. The summed E-state index contributed by atoms with van der Waals surface area (Å²) in [5, 5.41) is 10.2. The summed E-state index contributed by atoms with van der Waals surface area (Å²) in [6.45, 7) is 9.15. The summed E-state index contributed by atoms with van der Waals surface area (Å²) in [4.78, 5) is 0. The van der Waals surface area contributed by atoms with Crippen molar-refractivity contribution in [3.05, 3.63) is 0 Å². The average Bonchev–Trinajstić information content (AvgIpc) is 2.15. The Morgan fingerprint density at radius 1 is 1.12 bits per heavy atom. The van der Waals surface area contributed by atoms with Crippen LogP contribution in [0.25, 0.3) is 0 Å². The van der Waals surface area contributed by atoms with E-state index in [0.717, 1.165) is 18.8 Å². The van der Waals surface area contributed by atoms with E-state index in [9.17, 15) is 5.11 Å². The molecule has 0 amide bonds. The summed E-state index contributed by atoms with van der Waals surface area (Å²) in [6, 6.07) is 0. The third kappa shape index (κ3) is 7.08. The van der Waals surface area contributed by atoms with Gasteiger partial charge in [-0.15, -0.1) is 0 Å². The second-order valence-electron chi connectivity index (χ2n) is 7.50. The molecule has 0 heterocycles. The first-order valence-corrected chi connectivity index (χ1v) is 7.55. The summed E-state index contributed by atoms with van der Waals surface area (Å²) in [5.74, 6) is 1.45. The Hall–Kier alpha value is -0.0400. The van der Waals surface area contributed by atoms with Crippen LogP contribution in [0.15, 0.2) is 0 Å². The van der Waals surface area contributed by atoms with Crippen molar-refractivity contribution in [3.63, 3.8) is 0 Å². The zero-order valence-corrected chi connectivity index (χ0v) is 12.3. The number of aliphatic hydroxyl groups excluding tert-OH is 1. The molecule has 1 N–H and O–H groups in total.